The molecular formula is C40H70O3. The van der Waals surface area contributed by atoms with Crippen LogP contribution in [0, 0.1) is 5.92 Å². The van der Waals surface area contributed by atoms with Gasteiger partial charge in [0.05, 0.1) is 25.7 Å². The van der Waals surface area contributed by atoms with Gasteiger partial charge in [-0.2, -0.15) is 0 Å². The van der Waals surface area contributed by atoms with Crippen molar-refractivity contribution in [2.24, 2.45) is 5.92 Å². The first-order valence-corrected chi connectivity index (χ1v) is 18.6. The van der Waals surface area contributed by atoms with E-state index in [1.807, 2.05) is 18.2 Å². The predicted molar refractivity (Wildman–Crippen MR) is 186 cm³/mol. The minimum atomic E-state index is -0.245. The number of ether oxygens (including phenoxy) is 2. The van der Waals surface area contributed by atoms with Gasteiger partial charge in [-0.15, -0.1) is 0 Å². The van der Waals surface area contributed by atoms with Crippen LogP contribution in [-0.4, -0.2) is 19.2 Å². The van der Waals surface area contributed by atoms with Gasteiger partial charge in [-0.25, -0.2) is 0 Å². The number of allylic oxidation sites excluding steroid dienone is 2. The maximum absolute atomic E-state index is 12.9. The molecule has 1 rings (SSSR count). The number of rotatable bonds is 31. The first-order valence-electron chi connectivity index (χ1n) is 18.6. The number of hydrogen-bond acceptors (Lipinski definition) is 3. The van der Waals surface area contributed by atoms with Gasteiger partial charge in [0.2, 0.25) is 0 Å². The molecule has 43 heavy (non-hydrogen) atoms. The molecule has 1 unspecified atom stereocenters. The maximum atomic E-state index is 12.9. The van der Waals surface area contributed by atoms with E-state index in [0.29, 0.717) is 13.0 Å². The number of methoxy groups -OCH3 is 1. The second kappa shape index (κ2) is 30.4. The number of carbonyl (C=O) groups excluding carboxylic acids is 1. The van der Waals surface area contributed by atoms with Crippen LogP contribution in [0.4, 0.5) is 0 Å². The molecule has 0 bridgehead atoms. The third-order valence-electron chi connectivity index (χ3n) is 8.88. The van der Waals surface area contributed by atoms with Gasteiger partial charge >= 0.3 is 5.97 Å². The minimum absolute atomic E-state index is 0.113. The standard InChI is InChI=1S/C40H70O3/c1-4-6-8-10-12-14-16-18-20-22-24-26-31-35-39(43-36-37-32-28-27-29-33-37)38(40(41)42-3)34-30-25-23-21-19-17-15-13-11-9-7-5-2/h25,27-30,32-33,38-39H,4-24,26,31,34-36H2,1-3H3/b30-25+/t38?,39-/m1/s1. The molecule has 0 aliphatic heterocycles. The van der Waals surface area contributed by atoms with E-state index >= 15 is 0 Å². The highest BCUT2D eigenvalue weighted by Crippen LogP contribution is 2.24. The number of hydrogen-bond donors (Lipinski definition) is 0. The van der Waals surface area contributed by atoms with Crippen molar-refractivity contribution in [3.05, 3.63) is 48.0 Å². The molecule has 0 aliphatic rings. The van der Waals surface area contributed by atoms with Crippen LogP contribution in [0.15, 0.2) is 42.5 Å². The highest BCUT2D eigenvalue weighted by atomic mass is 16.5. The van der Waals surface area contributed by atoms with Crippen LogP contribution in [0.1, 0.15) is 180 Å². The normalized spacial score (nSPS) is 13.0. The fourth-order valence-corrected chi connectivity index (χ4v) is 6.03. The lowest BCUT2D eigenvalue weighted by atomic mass is 9.93. The molecule has 0 aliphatic carbocycles. The van der Waals surface area contributed by atoms with Gasteiger partial charge in [-0.3, -0.25) is 4.79 Å². The Balaban J connectivity index is 2.41. The first-order chi connectivity index (χ1) is 21.2. The van der Waals surface area contributed by atoms with Crippen molar-refractivity contribution in [3.63, 3.8) is 0 Å². The van der Waals surface area contributed by atoms with Gasteiger partial charge in [0.15, 0.2) is 0 Å². The van der Waals surface area contributed by atoms with Gasteiger partial charge < -0.3 is 9.47 Å². The monoisotopic (exact) mass is 599 g/mol. The third kappa shape index (κ3) is 23.4. The lowest BCUT2D eigenvalue weighted by Gasteiger charge is -2.25. The number of carbonyl (C=O) groups is 1. The molecular weight excluding hydrogens is 528 g/mol. The topological polar surface area (TPSA) is 35.5 Å². The summed E-state index contributed by atoms with van der Waals surface area (Å²) in [6.45, 7) is 5.10. The zero-order valence-electron chi connectivity index (χ0n) is 28.8. The molecule has 2 atom stereocenters. The van der Waals surface area contributed by atoms with Gasteiger partial charge in [0, 0.05) is 0 Å². The van der Waals surface area contributed by atoms with Crippen LogP contribution >= 0.6 is 0 Å². The highest BCUT2D eigenvalue weighted by Gasteiger charge is 2.29. The van der Waals surface area contributed by atoms with Crippen LogP contribution < -0.4 is 0 Å². The summed E-state index contributed by atoms with van der Waals surface area (Å²) in [4.78, 5) is 12.9. The van der Waals surface area contributed by atoms with Crippen LogP contribution in [0.5, 0.6) is 0 Å². The summed E-state index contributed by atoms with van der Waals surface area (Å²) < 4.78 is 11.7. The van der Waals surface area contributed by atoms with E-state index in [1.165, 1.54) is 142 Å². The summed E-state index contributed by atoms with van der Waals surface area (Å²) >= 11 is 0. The summed E-state index contributed by atoms with van der Waals surface area (Å²) in [6.07, 6.45) is 36.7. The fourth-order valence-electron chi connectivity index (χ4n) is 6.03. The second-order valence-corrected chi connectivity index (χ2v) is 12.8. The Morgan fingerprint density at radius 3 is 1.58 bits per heavy atom. The van der Waals surface area contributed by atoms with E-state index in [0.717, 1.165) is 24.8 Å². The quantitative estimate of drug-likeness (QED) is 0.0484. The van der Waals surface area contributed by atoms with Gasteiger partial charge in [0.1, 0.15) is 0 Å². The molecule has 3 nitrogen and oxygen atoms in total. The molecule has 0 amide bonds. The average molecular weight is 599 g/mol. The van der Waals surface area contributed by atoms with E-state index in [4.69, 9.17) is 9.47 Å². The number of benzene rings is 1. The summed E-state index contributed by atoms with van der Waals surface area (Å²) in [5.74, 6) is -0.383. The van der Waals surface area contributed by atoms with Crippen LogP contribution in [-0.2, 0) is 20.9 Å². The summed E-state index contributed by atoms with van der Waals surface area (Å²) in [7, 11) is 1.51. The zero-order valence-corrected chi connectivity index (χ0v) is 28.8. The Morgan fingerprint density at radius 2 is 1.09 bits per heavy atom. The molecule has 0 N–H and O–H groups in total. The Kier molecular flexibility index (Phi) is 27.9. The van der Waals surface area contributed by atoms with Crippen molar-refractivity contribution in [2.75, 3.05) is 7.11 Å². The smallest absolute Gasteiger partial charge is 0.311 e. The van der Waals surface area contributed by atoms with Crippen molar-refractivity contribution in [3.8, 4) is 0 Å². The molecule has 1 aromatic carbocycles. The van der Waals surface area contributed by atoms with Gasteiger partial charge in [0.25, 0.3) is 0 Å². The van der Waals surface area contributed by atoms with E-state index in [9.17, 15) is 4.79 Å². The lowest BCUT2D eigenvalue weighted by Crippen LogP contribution is -2.31. The zero-order chi connectivity index (χ0) is 31.1. The predicted octanol–water partition coefficient (Wildman–Crippen LogP) is 12.7. The van der Waals surface area contributed by atoms with E-state index in [2.05, 4.69) is 38.1 Å². The average Bonchev–Trinajstić information content (AvgIpc) is 3.03. The molecule has 0 spiro atoms. The van der Waals surface area contributed by atoms with Crippen LogP contribution in [0.25, 0.3) is 0 Å². The molecule has 0 saturated heterocycles. The Hall–Kier alpha value is -1.61. The largest absolute Gasteiger partial charge is 0.469 e. The van der Waals surface area contributed by atoms with Crippen molar-refractivity contribution in [1.82, 2.24) is 0 Å². The van der Waals surface area contributed by atoms with E-state index in [1.54, 1.807) is 0 Å². The summed E-state index contributed by atoms with van der Waals surface area (Å²) in [5.41, 5.74) is 1.15. The molecule has 0 aromatic heterocycles. The third-order valence-corrected chi connectivity index (χ3v) is 8.88. The summed E-state index contributed by atoms with van der Waals surface area (Å²) in [6, 6.07) is 10.3. The van der Waals surface area contributed by atoms with Gasteiger partial charge in [-0.05, 0) is 31.2 Å². The molecule has 3 heteroatoms. The molecule has 0 fully saturated rings. The van der Waals surface area contributed by atoms with Crippen molar-refractivity contribution in [2.45, 2.75) is 187 Å². The molecule has 248 valence electrons. The summed E-state index contributed by atoms with van der Waals surface area (Å²) in [5, 5.41) is 0. The Morgan fingerprint density at radius 1 is 0.628 bits per heavy atom. The second-order valence-electron chi connectivity index (χ2n) is 12.8. The Labute approximate surface area is 268 Å². The van der Waals surface area contributed by atoms with Crippen LogP contribution in [0.3, 0.4) is 0 Å². The maximum Gasteiger partial charge on any atom is 0.311 e. The van der Waals surface area contributed by atoms with Crippen molar-refractivity contribution >= 4 is 5.97 Å². The molecule has 0 heterocycles. The van der Waals surface area contributed by atoms with Crippen LogP contribution in [0.2, 0.25) is 0 Å². The highest BCUT2D eigenvalue weighted by molar-refractivity contribution is 5.73. The van der Waals surface area contributed by atoms with E-state index in [-0.39, 0.29) is 18.0 Å². The first kappa shape index (κ1) is 39.4. The Bertz CT molecular complexity index is 743. The van der Waals surface area contributed by atoms with Crippen molar-refractivity contribution < 1.29 is 14.3 Å². The SMILES string of the molecule is CCCCCCCCCCC/C=C/CC(C(=O)OC)[C@@H](CCCCCCCCCCCCCCC)OCc1ccccc1. The molecule has 1 aromatic rings. The number of unbranched alkanes of at least 4 members (excludes halogenated alkanes) is 21. The molecule has 0 radical (unpaired) electrons. The minimum Gasteiger partial charge on any atom is -0.469 e. The molecule has 0 saturated carbocycles. The number of esters is 1. The van der Waals surface area contributed by atoms with E-state index < -0.39 is 0 Å². The van der Waals surface area contributed by atoms with Gasteiger partial charge in [-0.1, -0.05) is 191 Å². The van der Waals surface area contributed by atoms with Crippen molar-refractivity contribution in [1.29, 1.82) is 0 Å². The lowest BCUT2D eigenvalue weighted by molar-refractivity contribution is -0.152. The fraction of sp³-hybridized carbons (Fsp3) is 0.775.